The van der Waals surface area contributed by atoms with Crippen LogP contribution in [0.1, 0.15) is 43.5 Å². The largest absolute Gasteiger partial charge is 0.0840 e. The van der Waals surface area contributed by atoms with E-state index in [-0.39, 0.29) is 7.43 Å². The molecule has 0 fully saturated rings. The van der Waals surface area contributed by atoms with Crippen LogP contribution in [0, 0.1) is 13.8 Å². The first-order valence-electron chi connectivity index (χ1n) is 6.98. The van der Waals surface area contributed by atoms with Gasteiger partial charge in [0.05, 0.1) is 0 Å². The summed E-state index contributed by atoms with van der Waals surface area (Å²) in [4.78, 5) is 0. The molecule has 0 amide bonds. The van der Waals surface area contributed by atoms with Crippen molar-refractivity contribution in [2.24, 2.45) is 0 Å². The highest BCUT2D eigenvalue weighted by Crippen LogP contribution is 2.17. The van der Waals surface area contributed by atoms with Gasteiger partial charge in [-0.05, 0) is 61.1 Å². The fourth-order valence-electron chi connectivity index (χ4n) is 1.78. The van der Waals surface area contributed by atoms with Crippen molar-refractivity contribution in [3.63, 3.8) is 0 Å². The first-order valence-corrected chi connectivity index (χ1v) is 8.15. The van der Waals surface area contributed by atoms with Gasteiger partial charge in [-0.3, -0.25) is 0 Å². The third kappa shape index (κ3) is 6.67. The molecule has 0 radical (unpaired) electrons. The van der Waals surface area contributed by atoms with Gasteiger partial charge in [0, 0.05) is 9.50 Å². The van der Waals surface area contributed by atoms with Crippen molar-refractivity contribution in [1.82, 2.24) is 0 Å². The number of halogens is 2. The lowest BCUT2D eigenvalue weighted by atomic mass is 10.1. The van der Waals surface area contributed by atoms with Crippen LogP contribution in [-0.4, -0.2) is 0 Å². The minimum Gasteiger partial charge on any atom is -0.0840 e. The van der Waals surface area contributed by atoms with Gasteiger partial charge in [0.2, 0.25) is 0 Å². The number of aryl methyl sites for hydroxylation is 4. The summed E-state index contributed by atoms with van der Waals surface area (Å²) in [7, 11) is 0. The molecule has 0 aliphatic carbocycles. The van der Waals surface area contributed by atoms with Gasteiger partial charge in [0.25, 0.3) is 0 Å². The summed E-state index contributed by atoms with van der Waals surface area (Å²) in [6.45, 7) is 8.43. The summed E-state index contributed by atoms with van der Waals surface area (Å²) in [6, 6.07) is 12.7. The van der Waals surface area contributed by atoms with E-state index in [4.69, 9.17) is 11.6 Å². The standard InChI is InChI=1S/C9H11Br.C9H11Cl.CH4/c1-3-8-4-5-9(10)7(2)6-8;1-3-8-5-4-7(2)9(10)6-8;/h2*4-6H,3H2,1-2H3;1H4. The number of rotatable bonds is 2. The summed E-state index contributed by atoms with van der Waals surface area (Å²) in [5.41, 5.74) is 5.18. The Balaban J connectivity index is 0.000000364. The highest BCUT2D eigenvalue weighted by Gasteiger charge is 1.94. The van der Waals surface area contributed by atoms with E-state index < -0.39 is 0 Å². The van der Waals surface area contributed by atoms with Gasteiger partial charge in [-0.1, -0.05) is 73.1 Å². The molecule has 0 unspecified atom stereocenters. The molecule has 0 nitrogen and oxygen atoms in total. The van der Waals surface area contributed by atoms with Crippen molar-refractivity contribution in [3.8, 4) is 0 Å². The molecular weight excluding hydrogens is 344 g/mol. The molecule has 116 valence electrons. The summed E-state index contributed by atoms with van der Waals surface area (Å²) >= 11 is 9.35. The van der Waals surface area contributed by atoms with Gasteiger partial charge < -0.3 is 0 Å². The van der Waals surface area contributed by atoms with Crippen molar-refractivity contribution >= 4 is 27.5 Å². The quantitative estimate of drug-likeness (QED) is 0.526. The molecule has 21 heavy (non-hydrogen) atoms. The van der Waals surface area contributed by atoms with E-state index in [1.54, 1.807) is 0 Å². The maximum Gasteiger partial charge on any atom is 0.0437 e. The van der Waals surface area contributed by atoms with Crippen molar-refractivity contribution in [2.75, 3.05) is 0 Å². The first-order chi connectivity index (χ1) is 9.47. The Labute approximate surface area is 143 Å². The van der Waals surface area contributed by atoms with E-state index in [1.165, 1.54) is 21.2 Å². The Bertz CT molecular complexity index is 510. The van der Waals surface area contributed by atoms with Gasteiger partial charge in [-0.15, -0.1) is 0 Å². The third-order valence-corrected chi connectivity index (χ3v) is 4.57. The maximum absolute atomic E-state index is 5.89. The van der Waals surface area contributed by atoms with Crippen LogP contribution >= 0.6 is 27.5 Å². The number of hydrogen-bond acceptors (Lipinski definition) is 0. The van der Waals surface area contributed by atoms with Gasteiger partial charge in [0.15, 0.2) is 0 Å². The molecule has 0 aliphatic rings. The monoisotopic (exact) mass is 368 g/mol. The lowest BCUT2D eigenvalue weighted by molar-refractivity contribution is 1.13. The molecule has 2 aromatic carbocycles. The van der Waals surface area contributed by atoms with Crippen molar-refractivity contribution in [1.29, 1.82) is 0 Å². The minimum absolute atomic E-state index is 0. The van der Waals surface area contributed by atoms with Crippen LogP contribution < -0.4 is 0 Å². The van der Waals surface area contributed by atoms with E-state index in [0.29, 0.717) is 0 Å². The molecule has 2 aromatic rings. The van der Waals surface area contributed by atoms with E-state index in [9.17, 15) is 0 Å². The van der Waals surface area contributed by atoms with Gasteiger partial charge >= 0.3 is 0 Å². The van der Waals surface area contributed by atoms with Crippen molar-refractivity contribution < 1.29 is 0 Å². The van der Waals surface area contributed by atoms with Crippen LogP contribution in [0.2, 0.25) is 5.02 Å². The van der Waals surface area contributed by atoms with Crippen LogP contribution in [0.5, 0.6) is 0 Å². The second-order valence-corrected chi connectivity index (χ2v) is 6.14. The highest BCUT2D eigenvalue weighted by atomic mass is 79.9. The second kappa shape index (κ2) is 10.0. The summed E-state index contributed by atoms with van der Waals surface area (Å²) in [5, 5.41) is 0.874. The van der Waals surface area contributed by atoms with Crippen LogP contribution in [0.3, 0.4) is 0 Å². The molecule has 0 saturated carbocycles. The molecule has 0 saturated heterocycles. The third-order valence-electron chi connectivity index (χ3n) is 3.28. The van der Waals surface area contributed by atoms with Gasteiger partial charge in [-0.25, -0.2) is 0 Å². The number of hydrogen-bond donors (Lipinski definition) is 0. The Morgan fingerprint density at radius 2 is 1.38 bits per heavy atom. The molecule has 0 bridgehead atoms. The minimum atomic E-state index is 0. The first kappa shape index (κ1) is 20.2. The molecule has 2 rings (SSSR count). The molecule has 0 atom stereocenters. The zero-order chi connectivity index (χ0) is 15.1. The zero-order valence-electron chi connectivity index (χ0n) is 12.6. The Kier molecular flexibility index (Phi) is 9.65. The second-order valence-electron chi connectivity index (χ2n) is 4.87. The predicted molar refractivity (Wildman–Crippen MR) is 101 cm³/mol. The Hall–Kier alpha value is -0.790. The number of benzene rings is 2. The van der Waals surface area contributed by atoms with Crippen molar-refractivity contribution in [3.05, 3.63) is 68.1 Å². The molecule has 0 heterocycles. The van der Waals surface area contributed by atoms with Crippen LogP contribution in [-0.2, 0) is 12.8 Å². The summed E-state index contributed by atoms with van der Waals surface area (Å²) in [6.07, 6.45) is 2.17. The maximum atomic E-state index is 5.89. The van der Waals surface area contributed by atoms with Crippen LogP contribution in [0.15, 0.2) is 40.9 Å². The van der Waals surface area contributed by atoms with E-state index in [2.05, 4.69) is 67.0 Å². The summed E-state index contributed by atoms with van der Waals surface area (Å²) < 4.78 is 1.20. The normalized spacial score (nSPS) is 9.43. The summed E-state index contributed by atoms with van der Waals surface area (Å²) in [5.74, 6) is 0. The lowest BCUT2D eigenvalue weighted by Crippen LogP contribution is -1.81. The molecule has 0 N–H and O–H groups in total. The van der Waals surface area contributed by atoms with Gasteiger partial charge in [0.1, 0.15) is 0 Å². The van der Waals surface area contributed by atoms with Crippen molar-refractivity contribution in [2.45, 2.75) is 48.0 Å². The van der Waals surface area contributed by atoms with Crippen LogP contribution in [0.25, 0.3) is 0 Å². The van der Waals surface area contributed by atoms with E-state index >= 15 is 0 Å². The molecule has 0 aliphatic heterocycles. The predicted octanol–water partition coefficient (Wildman–Crippen LogP) is 7.17. The lowest BCUT2D eigenvalue weighted by Gasteiger charge is -1.99. The van der Waals surface area contributed by atoms with Crippen LogP contribution in [0.4, 0.5) is 0 Å². The topological polar surface area (TPSA) is 0 Å². The molecule has 2 heteroatoms. The fourth-order valence-corrected chi connectivity index (χ4v) is 2.23. The van der Waals surface area contributed by atoms with Gasteiger partial charge in [-0.2, -0.15) is 0 Å². The average molecular weight is 370 g/mol. The average Bonchev–Trinajstić information content (AvgIpc) is 2.45. The Morgan fingerprint density at radius 3 is 1.86 bits per heavy atom. The molecule has 0 aromatic heterocycles. The van der Waals surface area contributed by atoms with E-state index in [1.807, 2.05) is 13.0 Å². The smallest absolute Gasteiger partial charge is 0.0437 e. The van der Waals surface area contributed by atoms with E-state index in [0.717, 1.165) is 23.4 Å². The Morgan fingerprint density at radius 1 is 0.857 bits per heavy atom. The molecule has 0 spiro atoms. The highest BCUT2D eigenvalue weighted by molar-refractivity contribution is 9.10. The molecular formula is C19H26BrCl. The fraction of sp³-hybridized carbons (Fsp3) is 0.368. The SMILES string of the molecule is C.CCc1ccc(Br)c(C)c1.CCc1ccc(C)c(Cl)c1. The zero-order valence-corrected chi connectivity index (χ0v) is 15.0.